The Bertz CT molecular complexity index is 1290. The van der Waals surface area contributed by atoms with E-state index in [2.05, 4.69) is 4.99 Å². The van der Waals surface area contributed by atoms with Gasteiger partial charge in [0.2, 0.25) is 4.80 Å². The van der Waals surface area contributed by atoms with Crippen LogP contribution in [0.3, 0.4) is 0 Å². The van der Waals surface area contributed by atoms with Crippen LogP contribution in [0.4, 0.5) is 0 Å². The first-order valence-corrected chi connectivity index (χ1v) is 11.0. The third-order valence-electron chi connectivity index (χ3n) is 4.28. The van der Waals surface area contributed by atoms with Crippen LogP contribution in [0.1, 0.15) is 28.8 Å². The van der Waals surface area contributed by atoms with Crippen LogP contribution in [0.25, 0.3) is 0 Å². The fourth-order valence-electron chi connectivity index (χ4n) is 2.61. The van der Waals surface area contributed by atoms with E-state index in [1.807, 2.05) is 0 Å². The Hall–Kier alpha value is -3.21. The zero-order valence-corrected chi connectivity index (χ0v) is 19.2. The summed E-state index contributed by atoms with van der Waals surface area (Å²) in [4.78, 5) is 51.8. The lowest BCUT2D eigenvalue weighted by Crippen LogP contribution is -2.32. The quantitative estimate of drug-likeness (QED) is 0.427. The molecule has 0 bridgehead atoms. The predicted octanol–water partition coefficient (Wildman–Crippen LogP) is 1.84. The predicted molar refractivity (Wildman–Crippen MR) is 119 cm³/mol. The Morgan fingerprint density at radius 2 is 1.58 bits per heavy atom. The second kappa shape index (κ2) is 11.1. The van der Waals surface area contributed by atoms with E-state index in [9.17, 15) is 24.3 Å². The minimum atomic E-state index is -1.40. The van der Waals surface area contributed by atoms with Crippen LogP contribution in [0.5, 0.6) is 0 Å². The van der Waals surface area contributed by atoms with Crippen molar-refractivity contribution in [1.82, 2.24) is 8.52 Å². The van der Waals surface area contributed by atoms with E-state index in [1.54, 1.807) is 24.3 Å². The number of ether oxygens (including phenoxy) is 1. The minimum absolute atomic E-state index is 0.00150. The molecule has 0 radical (unpaired) electrons. The Balaban J connectivity index is 1.92. The van der Waals surface area contributed by atoms with Gasteiger partial charge >= 0.3 is 11.7 Å². The highest BCUT2D eigenvalue weighted by Gasteiger charge is 2.14. The van der Waals surface area contributed by atoms with Crippen molar-refractivity contribution in [1.29, 1.82) is 0 Å². The lowest BCUT2D eigenvalue weighted by atomic mass is 10.2. The van der Waals surface area contributed by atoms with Crippen LogP contribution >= 0.6 is 34.7 Å². The summed E-state index contributed by atoms with van der Waals surface area (Å²) in [6.45, 7) is -0.370. The maximum Gasteiger partial charge on any atom is 0.342 e. The molecule has 0 spiro atoms. The van der Waals surface area contributed by atoms with E-state index in [0.717, 1.165) is 21.7 Å². The SMILES string of the molecule is O=C([O-])CCC(=O)OCn1c(=NC(=O)c2ccc(Cl)cc2)sn(Cc2ccc(Cl)cc2)c1=O. The number of nitrogens with zero attached hydrogens (tertiary/aromatic N) is 3. The number of carbonyl (C=O) groups is 3. The number of rotatable bonds is 8. The number of esters is 1. The summed E-state index contributed by atoms with van der Waals surface area (Å²) in [6.07, 6.45) is -0.928. The number of aromatic nitrogens is 2. The third kappa shape index (κ3) is 6.88. The standard InChI is InChI=1S/C21H17Cl2N3O6S/c22-15-5-1-13(2-6-15)11-26-21(31)25(12-32-18(29)10-9-17(27)28)20(33-26)24-19(30)14-3-7-16(23)8-4-14/h1-8H,9-12H2,(H,27,28)/p-1. The first kappa shape index (κ1) is 24.4. The maximum atomic E-state index is 12.9. The van der Waals surface area contributed by atoms with Gasteiger partial charge in [-0.1, -0.05) is 35.3 Å². The number of benzene rings is 2. The van der Waals surface area contributed by atoms with Gasteiger partial charge in [0.15, 0.2) is 6.73 Å². The van der Waals surface area contributed by atoms with Gasteiger partial charge < -0.3 is 14.6 Å². The summed E-state index contributed by atoms with van der Waals surface area (Å²) >= 11 is 12.6. The van der Waals surface area contributed by atoms with Crippen LogP contribution in [-0.4, -0.2) is 26.4 Å². The summed E-state index contributed by atoms with van der Waals surface area (Å²) in [5.41, 5.74) is 0.462. The number of hydrogen-bond acceptors (Lipinski definition) is 7. The molecule has 2 aromatic carbocycles. The van der Waals surface area contributed by atoms with Gasteiger partial charge in [0.25, 0.3) is 5.91 Å². The van der Waals surface area contributed by atoms with Gasteiger partial charge in [0, 0.05) is 21.6 Å². The van der Waals surface area contributed by atoms with E-state index in [1.165, 1.54) is 28.2 Å². The summed E-state index contributed by atoms with van der Waals surface area (Å²) in [5.74, 6) is -2.86. The van der Waals surface area contributed by atoms with Gasteiger partial charge in [-0.05, 0) is 59.9 Å². The number of halogens is 2. The monoisotopic (exact) mass is 508 g/mol. The van der Waals surface area contributed by atoms with Crippen molar-refractivity contribution in [3.05, 3.63) is 85.0 Å². The topological polar surface area (TPSA) is 123 Å². The van der Waals surface area contributed by atoms with Crippen LogP contribution in [0, 0.1) is 0 Å². The van der Waals surface area contributed by atoms with Crippen molar-refractivity contribution < 1.29 is 24.2 Å². The Labute approximate surface area is 201 Å². The molecule has 0 aliphatic carbocycles. The molecule has 0 atom stereocenters. The molecule has 1 aromatic heterocycles. The highest BCUT2D eigenvalue weighted by Crippen LogP contribution is 2.12. The molecule has 0 saturated carbocycles. The van der Waals surface area contributed by atoms with E-state index in [-0.39, 0.29) is 16.9 Å². The number of aliphatic carboxylic acids is 1. The minimum Gasteiger partial charge on any atom is -0.550 e. The molecule has 33 heavy (non-hydrogen) atoms. The fraction of sp³-hybridized carbons (Fsp3) is 0.190. The molecule has 12 heteroatoms. The van der Waals surface area contributed by atoms with Crippen molar-refractivity contribution in [2.75, 3.05) is 0 Å². The molecule has 3 rings (SSSR count). The lowest BCUT2D eigenvalue weighted by molar-refractivity contribution is -0.305. The smallest absolute Gasteiger partial charge is 0.342 e. The van der Waals surface area contributed by atoms with Crippen molar-refractivity contribution in [3.8, 4) is 0 Å². The first-order chi connectivity index (χ1) is 15.7. The largest absolute Gasteiger partial charge is 0.550 e. The molecule has 0 fully saturated rings. The zero-order valence-electron chi connectivity index (χ0n) is 16.9. The molecule has 1 amide bonds. The molecule has 0 saturated heterocycles. The van der Waals surface area contributed by atoms with E-state index < -0.39 is 43.1 Å². The van der Waals surface area contributed by atoms with E-state index >= 15 is 0 Å². The fourth-order valence-corrected chi connectivity index (χ4v) is 3.80. The number of hydrogen-bond donors (Lipinski definition) is 0. The van der Waals surface area contributed by atoms with Gasteiger partial charge in [-0.25, -0.2) is 13.3 Å². The third-order valence-corrected chi connectivity index (χ3v) is 5.77. The summed E-state index contributed by atoms with van der Waals surface area (Å²) < 4.78 is 7.36. The van der Waals surface area contributed by atoms with Gasteiger partial charge in [0.1, 0.15) is 0 Å². The second-order valence-electron chi connectivity index (χ2n) is 6.69. The average Bonchev–Trinajstić information content (AvgIpc) is 3.06. The first-order valence-electron chi connectivity index (χ1n) is 9.48. The van der Waals surface area contributed by atoms with Crippen LogP contribution < -0.4 is 15.6 Å². The molecule has 1 heterocycles. The molecule has 0 unspecified atom stereocenters. The van der Waals surface area contributed by atoms with Crippen molar-refractivity contribution in [2.45, 2.75) is 26.1 Å². The molecule has 9 nitrogen and oxygen atoms in total. The van der Waals surface area contributed by atoms with E-state index in [0.29, 0.717) is 10.0 Å². The average molecular weight is 509 g/mol. The van der Waals surface area contributed by atoms with Gasteiger partial charge in [-0.3, -0.25) is 9.59 Å². The highest BCUT2D eigenvalue weighted by atomic mass is 35.5. The second-order valence-corrected chi connectivity index (χ2v) is 8.55. The van der Waals surface area contributed by atoms with Gasteiger partial charge in [-0.15, -0.1) is 0 Å². The molecule has 0 N–H and O–H groups in total. The zero-order chi connectivity index (χ0) is 24.0. The molecule has 0 aliphatic rings. The number of carboxylic acids is 1. The van der Waals surface area contributed by atoms with Crippen molar-refractivity contribution >= 4 is 52.6 Å². The van der Waals surface area contributed by atoms with E-state index in [4.69, 9.17) is 27.9 Å². The van der Waals surface area contributed by atoms with Crippen LogP contribution in [-0.2, 0) is 27.6 Å². The normalized spacial score (nSPS) is 11.4. The summed E-state index contributed by atoms with van der Waals surface area (Å²) in [6, 6.07) is 12.9. The molecule has 3 aromatic rings. The Morgan fingerprint density at radius 3 is 2.18 bits per heavy atom. The molecule has 172 valence electrons. The molecular weight excluding hydrogens is 493 g/mol. The Kier molecular flexibility index (Phi) is 8.21. The highest BCUT2D eigenvalue weighted by molar-refractivity contribution is 7.03. The van der Waals surface area contributed by atoms with Gasteiger partial charge in [-0.2, -0.15) is 4.99 Å². The van der Waals surface area contributed by atoms with Gasteiger partial charge in [0.05, 0.1) is 13.0 Å². The summed E-state index contributed by atoms with van der Waals surface area (Å²) in [5, 5.41) is 11.5. The van der Waals surface area contributed by atoms with Crippen LogP contribution in [0.2, 0.25) is 10.0 Å². The van der Waals surface area contributed by atoms with Crippen LogP contribution in [0.15, 0.2) is 58.3 Å². The van der Waals surface area contributed by atoms with Crippen molar-refractivity contribution in [3.63, 3.8) is 0 Å². The van der Waals surface area contributed by atoms with Crippen molar-refractivity contribution in [2.24, 2.45) is 4.99 Å². The number of carbonyl (C=O) groups excluding carboxylic acids is 3. The maximum absolute atomic E-state index is 12.9. The number of amides is 1. The summed E-state index contributed by atoms with van der Waals surface area (Å²) in [7, 11) is 0. The lowest BCUT2D eigenvalue weighted by Gasteiger charge is -2.05. The molecular formula is C21H16Cl2N3O6S-. The number of carboxylic acid groups (broad SMARTS) is 1. The Morgan fingerprint density at radius 1 is 0.970 bits per heavy atom. The molecule has 0 aliphatic heterocycles.